The molecule has 2 aromatic rings. The van der Waals surface area contributed by atoms with Crippen LogP contribution in [0.2, 0.25) is 0 Å². The zero-order chi connectivity index (χ0) is 18.8. The molecule has 6 nitrogen and oxygen atoms in total. The maximum absolute atomic E-state index is 12.9. The van der Waals surface area contributed by atoms with Crippen LogP contribution in [0.1, 0.15) is 50.3 Å². The predicted molar refractivity (Wildman–Crippen MR) is 104 cm³/mol. The fraction of sp³-hybridized carbons (Fsp3) is 0.571. The van der Waals surface area contributed by atoms with Gasteiger partial charge in [-0.25, -0.2) is 4.98 Å². The number of carbonyl (C=O) groups is 2. The predicted octanol–water partition coefficient (Wildman–Crippen LogP) is 2.68. The highest BCUT2D eigenvalue weighted by Gasteiger charge is 2.29. The van der Waals surface area contributed by atoms with Gasteiger partial charge >= 0.3 is 0 Å². The van der Waals surface area contributed by atoms with E-state index < -0.39 is 0 Å². The molecule has 3 heterocycles. The largest absolute Gasteiger partial charge is 0.340 e. The third-order valence-corrected chi connectivity index (χ3v) is 5.96. The van der Waals surface area contributed by atoms with E-state index in [0.29, 0.717) is 19.5 Å². The van der Waals surface area contributed by atoms with Gasteiger partial charge in [0, 0.05) is 39.0 Å². The van der Waals surface area contributed by atoms with Gasteiger partial charge in [-0.2, -0.15) is 0 Å². The summed E-state index contributed by atoms with van der Waals surface area (Å²) in [4.78, 5) is 33.6. The van der Waals surface area contributed by atoms with Gasteiger partial charge in [-0.3, -0.25) is 9.59 Å². The molecule has 2 fully saturated rings. The van der Waals surface area contributed by atoms with Gasteiger partial charge in [-0.15, -0.1) is 0 Å². The molecule has 2 aliphatic heterocycles. The Morgan fingerprint density at radius 1 is 1.15 bits per heavy atom. The smallest absolute Gasteiger partial charge is 0.242 e. The van der Waals surface area contributed by atoms with Crippen LogP contribution in [0, 0.1) is 0 Å². The first kappa shape index (κ1) is 18.0. The molecule has 2 amide bonds. The number of fused-ring (bicyclic) bond motifs is 1. The van der Waals surface area contributed by atoms with Gasteiger partial charge in [-0.1, -0.05) is 18.6 Å². The molecule has 0 N–H and O–H groups in total. The van der Waals surface area contributed by atoms with Crippen LogP contribution in [0.5, 0.6) is 0 Å². The Balaban J connectivity index is 1.46. The van der Waals surface area contributed by atoms with Crippen molar-refractivity contribution < 1.29 is 9.59 Å². The Kier molecular flexibility index (Phi) is 5.14. The van der Waals surface area contributed by atoms with Crippen molar-refractivity contribution in [1.82, 2.24) is 19.4 Å². The summed E-state index contributed by atoms with van der Waals surface area (Å²) in [5.41, 5.74) is 2.14. The summed E-state index contributed by atoms with van der Waals surface area (Å²) in [6, 6.07) is 8.16. The van der Waals surface area contributed by atoms with Crippen molar-refractivity contribution in [1.29, 1.82) is 0 Å². The molecule has 27 heavy (non-hydrogen) atoms. The minimum Gasteiger partial charge on any atom is -0.340 e. The van der Waals surface area contributed by atoms with Crippen molar-refractivity contribution >= 4 is 22.8 Å². The zero-order valence-corrected chi connectivity index (χ0v) is 16.1. The Hall–Kier alpha value is -2.37. The average molecular weight is 368 g/mol. The van der Waals surface area contributed by atoms with Gasteiger partial charge in [0.25, 0.3) is 0 Å². The lowest BCUT2D eigenvalue weighted by molar-refractivity contribution is -0.140. The summed E-state index contributed by atoms with van der Waals surface area (Å²) >= 11 is 0. The second-order valence-electron chi connectivity index (χ2n) is 7.82. The second kappa shape index (κ2) is 7.71. The number of carbonyl (C=O) groups excluding carboxylic acids is 2. The monoisotopic (exact) mass is 368 g/mol. The van der Waals surface area contributed by atoms with Crippen LogP contribution in [0.15, 0.2) is 24.3 Å². The van der Waals surface area contributed by atoms with E-state index in [2.05, 4.69) is 17.7 Å². The molecule has 0 aliphatic carbocycles. The van der Waals surface area contributed by atoms with E-state index in [1.807, 2.05) is 23.1 Å². The summed E-state index contributed by atoms with van der Waals surface area (Å²) in [5, 5.41) is 0. The van der Waals surface area contributed by atoms with Crippen LogP contribution < -0.4 is 0 Å². The van der Waals surface area contributed by atoms with E-state index in [4.69, 9.17) is 4.98 Å². The first-order chi connectivity index (χ1) is 13.1. The number of amides is 2. The number of imidazole rings is 1. The Labute approximate surface area is 160 Å². The summed E-state index contributed by atoms with van der Waals surface area (Å²) in [6.07, 6.45) is 5.63. The number of nitrogens with zero attached hydrogens (tertiary/aromatic N) is 4. The number of benzene rings is 1. The lowest BCUT2D eigenvalue weighted by atomic mass is 9.97. The van der Waals surface area contributed by atoms with Crippen molar-refractivity contribution in [2.45, 2.75) is 44.4 Å². The van der Waals surface area contributed by atoms with Crippen LogP contribution in [0.3, 0.4) is 0 Å². The molecule has 1 atom stereocenters. The second-order valence-corrected chi connectivity index (χ2v) is 7.82. The number of likely N-dealkylation sites (tertiary alicyclic amines) is 2. The van der Waals surface area contributed by atoms with Crippen molar-refractivity contribution in [2.75, 3.05) is 26.2 Å². The zero-order valence-electron chi connectivity index (χ0n) is 16.1. The molecule has 2 saturated heterocycles. The first-order valence-corrected chi connectivity index (χ1v) is 10.1. The van der Waals surface area contributed by atoms with Crippen molar-refractivity contribution in [3.63, 3.8) is 0 Å². The van der Waals surface area contributed by atoms with E-state index in [-0.39, 0.29) is 24.3 Å². The third-order valence-electron chi connectivity index (χ3n) is 5.96. The number of hydrogen-bond acceptors (Lipinski definition) is 3. The van der Waals surface area contributed by atoms with Gasteiger partial charge in [-0.05, 0) is 37.8 Å². The molecule has 4 rings (SSSR count). The van der Waals surface area contributed by atoms with Gasteiger partial charge in [0.15, 0.2) is 0 Å². The summed E-state index contributed by atoms with van der Waals surface area (Å²) in [7, 11) is 2.06. The van der Waals surface area contributed by atoms with Crippen LogP contribution >= 0.6 is 0 Å². The van der Waals surface area contributed by atoms with E-state index in [1.54, 1.807) is 4.90 Å². The Morgan fingerprint density at radius 2 is 2.00 bits per heavy atom. The number of piperidine rings is 1. The molecule has 0 radical (unpaired) electrons. The quantitative estimate of drug-likeness (QED) is 0.837. The number of para-hydroxylation sites is 2. The SMILES string of the molecule is Cn1c(C2CCCN(C(=O)CN3CCCCCC3=O)C2)nc2ccccc21. The van der Waals surface area contributed by atoms with Crippen molar-refractivity contribution in [3.8, 4) is 0 Å². The molecule has 2 aliphatic rings. The fourth-order valence-electron chi connectivity index (χ4n) is 4.41. The van der Waals surface area contributed by atoms with E-state index in [0.717, 1.165) is 55.5 Å². The fourth-order valence-corrected chi connectivity index (χ4v) is 4.41. The molecule has 1 unspecified atom stereocenters. The number of rotatable bonds is 3. The van der Waals surface area contributed by atoms with Gasteiger partial charge in [0.1, 0.15) is 5.82 Å². The summed E-state index contributed by atoms with van der Waals surface area (Å²) in [6.45, 7) is 2.42. The third kappa shape index (κ3) is 3.70. The van der Waals surface area contributed by atoms with Gasteiger partial charge < -0.3 is 14.4 Å². The molecule has 0 spiro atoms. The molecular weight excluding hydrogens is 340 g/mol. The maximum Gasteiger partial charge on any atom is 0.242 e. The molecule has 0 bridgehead atoms. The molecular formula is C21H28N4O2. The summed E-state index contributed by atoms with van der Waals surface area (Å²) < 4.78 is 2.16. The van der Waals surface area contributed by atoms with Crippen molar-refractivity contribution in [2.24, 2.45) is 7.05 Å². The lowest BCUT2D eigenvalue weighted by Crippen LogP contribution is -2.46. The van der Waals surface area contributed by atoms with Gasteiger partial charge in [0.05, 0.1) is 17.6 Å². The molecule has 144 valence electrons. The van der Waals surface area contributed by atoms with E-state index in [1.165, 1.54) is 0 Å². The highest BCUT2D eigenvalue weighted by molar-refractivity contribution is 5.85. The van der Waals surface area contributed by atoms with Crippen LogP contribution in [0.4, 0.5) is 0 Å². The first-order valence-electron chi connectivity index (χ1n) is 10.1. The number of hydrogen-bond donors (Lipinski definition) is 0. The average Bonchev–Trinajstić information content (AvgIpc) is 2.90. The molecule has 1 aromatic carbocycles. The van der Waals surface area contributed by atoms with E-state index in [9.17, 15) is 9.59 Å². The minimum absolute atomic E-state index is 0.0775. The lowest BCUT2D eigenvalue weighted by Gasteiger charge is -2.34. The van der Waals surface area contributed by atoms with Crippen LogP contribution in [-0.2, 0) is 16.6 Å². The molecule has 6 heteroatoms. The van der Waals surface area contributed by atoms with E-state index >= 15 is 0 Å². The summed E-state index contributed by atoms with van der Waals surface area (Å²) in [5.74, 6) is 1.51. The maximum atomic E-state index is 12.9. The highest BCUT2D eigenvalue weighted by atomic mass is 16.2. The van der Waals surface area contributed by atoms with Crippen LogP contribution in [0.25, 0.3) is 11.0 Å². The topological polar surface area (TPSA) is 58.4 Å². The normalized spacial score (nSPS) is 21.5. The Morgan fingerprint density at radius 3 is 2.85 bits per heavy atom. The van der Waals surface area contributed by atoms with Crippen molar-refractivity contribution in [3.05, 3.63) is 30.1 Å². The molecule has 1 aromatic heterocycles. The highest BCUT2D eigenvalue weighted by Crippen LogP contribution is 2.28. The van der Waals surface area contributed by atoms with Crippen LogP contribution in [-0.4, -0.2) is 57.3 Å². The Bertz CT molecular complexity index is 844. The molecule has 0 saturated carbocycles. The number of aromatic nitrogens is 2. The number of aryl methyl sites for hydroxylation is 1. The minimum atomic E-state index is 0.0775. The standard InChI is InChI=1S/C21H28N4O2/c1-23-18-10-5-4-9-17(18)22-21(23)16-8-7-13-24(14-16)20(27)15-25-12-6-2-3-11-19(25)26/h4-5,9-10,16H,2-3,6-8,11-15H2,1H3. The van der Waals surface area contributed by atoms with Gasteiger partial charge in [0.2, 0.25) is 11.8 Å².